The molecule has 7 aromatic carbocycles. The van der Waals surface area contributed by atoms with Gasteiger partial charge in [-0.25, -0.2) is 0 Å². The monoisotopic (exact) mass is 614 g/mol. The Morgan fingerprint density at radius 1 is 0.333 bits per heavy atom. The number of hydrogen-bond acceptors (Lipinski definition) is 1. The molecule has 0 atom stereocenters. The molecule has 2 aliphatic heterocycles. The summed E-state index contributed by atoms with van der Waals surface area (Å²) < 4.78 is 8.99. The van der Waals surface area contributed by atoms with Crippen LogP contribution in [0, 0.1) is 0 Å². The molecule has 0 bridgehead atoms. The van der Waals surface area contributed by atoms with Gasteiger partial charge in [-0.15, -0.1) is 0 Å². The molecule has 5 nitrogen and oxygen atoms in total. The van der Waals surface area contributed by atoms with Crippen molar-refractivity contribution in [1.29, 1.82) is 0 Å². The van der Waals surface area contributed by atoms with Gasteiger partial charge in [0.05, 0.1) is 49.8 Å². The molecule has 2 aliphatic rings. The van der Waals surface area contributed by atoms with Gasteiger partial charge in [-0.05, 0) is 78.2 Å². The molecule has 0 amide bonds. The van der Waals surface area contributed by atoms with E-state index < -0.39 is 0 Å². The van der Waals surface area contributed by atoms with E-state index in [0.29, 0.717) is 0 Å². The van der Waals surface area contributed by atoms with E-state index in [0.717, 1.165) is 71.8 Å². The van der Waals surface area contributed by atoms with E-state index >= 15 is 0 Å². The van der Waals surface area contributed by atoms with Crippen molar-refractivity contribution in [2.45, 2.75) is 0 Å². The van der Waals surface area contributed by atoms with Gasteiger partial charge in [0, 0.05) is 32.9 Å². The minimum Gasteiger partial charge on any atom is -0.309 e. The number of fused-ring (bicyclic) bond motifs is 9. The Balaban J connectivity index is 1.33. The number of rotatable bonds is 2. The van der Waals surface area contributed by atoms with E-state index in [4.69, 9.17) is 0 Å². The zero-order valence-electron chi connectivity index (χ0n) is 25.7. The van der Waals surface area contributed by atoms with Crippen LogP contribution in [0.4, 0.5) is 0 Å². The van der Waals surface area contributed by atoms with Crippen LogP contribution in [0.15, 0.2) is 163 Å². The smallest absolute Gasteiger partial charge is 0.263 e. The minimum absolute atomic E-state index is 0.000787. The van der Waals surface area contributed by atoms with E-state index in [9.17, 15) is 4.79 Å². The number of pyridine rings is 1. The van der Waals surface area contributed by atoms with Gasteiger partial charge in [0.2, 0.25) is 0 Å². The van der Waals surface area contributed by atoms with Gasteiger partial charge < -0.3 is 13.7 Å². The average Bonchev–Trinajstić information content (AvgIpc) is 3.48. The summed E-state index contributed by atoms with van der Waals surface area (Å²) >= 11 is 0. The van der Waals surface area contributed by atoms with E-state index in [2.05, 4.69) is 153 Å². The minimum atomic E-state index is -0.000787. The summed E-state index contributed by atoms with van der Waals surface area (Å²) in [4.78, 5) is 14.4. The first kappa shape index (κ1) is 25.6. The summed E-state index contributed by atoms with van der Waals surface area (Å²) in [5.41, 5.74) is 11.5. The summed E-state index contributed by atoms with van der Waals surface area (Å²) in [6.45, 7) is 0. The quantitative estimate of drug-likeness (QED) is 0.141. The summed E-state index contributed by atoms with van der Waals surface area (Å²) in [5, 5.41) is 5.17. The van der Waals surface area contributed by atoms with E-state index in [-0.39, 0.29) is 5.56 Å². The number of benzene rings is 7. The molecule has 9 aromatic rings. The van der Waals surface area contributed by atoms with Gasteiger partial charge in [-0.1, -0.05) is 84.9 Å². The molecule has 0 spiro atoms. The van der Waals surface area contributed by atoms with Crippen molar-refractivity contribution in [3.05, 3.63) is 168 Å². The fourth-order valence-corrected chi connectivity index (χ4v) is 8.21. The molecule has 0 N–H and O–H groups in total. The number of para-hydroxylation sites is 6. The Morgan fingerprint density at radius 2 is 0.896 bits per heavy atom. The van der Waals surface area contributed by atoms with E-state index in [1.165, 1.54) is 16.3 Å². The second kappa shape index (κ2) is 9.24. The van der Waals surface area contributed by atoms with Crippen LogP contribution in [0.1, 0.15) is 0 Å². The van der Waals surface area contributed by atoms with Crippen LogP contribution in [-0.4, -0.2) is 18.1 Å². The molecule has 2 aromatic heterocycles. The normalized spacial score (nSPS) is 12.2. The molecular formula is C43H26N4O. The largest absolute Gasteiger partial charge is 0.309 e. The van der Waals surface area contributed by atoms with Crippen molar-refractivity contribution in [1.82, 2.24) is 18.1 Å². The maximum Gasteiger partial charge on any atom is 0.263 e. The van der Waals surface area contributed by atoms with Crippen molar-refractivity contribution < 1.29 is 0 Å². The average molecular weight is 615 g/mol. The topological polar surface area (TPSA) is 36.3 Å². The van der Waals surface area contributed by atoms with Crippen molar-refractivity contribution in [2.24, 2.45) is 0 Å². The summed E-state index contributed by atoms with van der Waals surface area (Å²) in [6.07, 6.45) is 0. The summed E-state index contributed by atoms with van der Waals surface area (Å²) in [7, 11) is 0. The lowest BCUT2D eigenvalue weighted by atomic mass is 10.0. The maximum absolute atomic E-state index is 14.4. The molecule has 0 aliphatic carbocycles. The molecule has 11 rings (SSSR count). The fraction of sp³-hybridized carbons (Fsp3) is 0. The van der Waals surface area contributed by atoms with Gasteiger partial charge in [0.15, 0.2) is 0 Å². The third-order valence-electron chi connectivity index (χ3n) is 10.1. The van der Waals surface area contributed by atoms with Gasteiger partial charge in [-0.3, -0.25) is 9.20 Å². The first-order valence-electron chi connectivity index (χ1n) is 16.3. The summed E-state index contributed by atoms with van der Waals surface area (Å²) in [6, 6.07) is 55.3. The van der Waals surface area contributed by atoms with Crippen molar-refractivity contribution in [3.63, 3.8) is 0 Å². The first-order chi connectivity index (χ1) is 23.8. The molecule has 48 heavy (non-hydrogen) atoms. The second-order valence-corrected chi connectivity index (χ2v) is 12.6. The highest BCUT2D eigenvalue weighted by atomic mass is 16.1. The molecule has 4 heterocycles. The van der Waals surface area contributed by atoms with Crippen LogP contribution >= 0.6 is 0 Å². The third kappa shape index (κ3) is 3.17. The zero-order chi connectivity index (χ0) is 31.5. The number of hydrogen-bond donors (Lipinski definition) is 0. The summed E-state index contributed by atoms with van der Waals surface area (Å²) in [5.74, 6) is 0. The molecule has 0 fully saturated rings. The second-order valence-electron chi connectivity index (χ2n) is 12.6. The highest BCUT2D eigenvalue weighted by molar-refractivity contribution is 6.14. The van der Waals surface area contributed by atoms with Gasteiger partial charge >= 0.3 is 0 Å². The predicted molar refractivity (Wildman–Crippen MR) is 198 cm³/mol. The van der Waals surface area contributed by atoms with Crippen LogP contribution in [0.5, 0.6) is 0 Å². The lowest BCUT2D eigenvalue weighted by Crippen LogP contribution is -2.21. The molecule has 224 valence electrons. The number of aromatic nitrogens is 4. The maximum atomic E-state index is 14.4. The van der Waals surface area contributed by atoms with E-state index in [1.54, 1.807) is 0 Å². The van der Waals surface area contributed by atoms with Crippen LogP contribution < -0.4 is 5.56 Å². The van der Waals surface area contributed by atoms with Crippen LogP contribution in [0.3, 0.4) is 0 Å². The Kier molecular flexibility index (Phi) is 4.93. The zero-order valence-corrected chi connectivity index (χ0v) is 25.7. The molecular weight excluding hydrogens is 589 g/mol. The van der Waals surface area contributed by atoms with Crippen LogP contribution in [0.25, 0.3) is 88.1 Å². The Labute approximate surface area is 273 Å². The van der Waals surface area contributed by atoms with Crippen molar-refractivity contribution >= 4 is 71.1 Å². The Morgan fingerprint density at radius 3 is 1.73 bits per heavy atom. The molecule has 0 saturated heterocycles. The van der Waals surface area contributed by atoms with Gasteiger partial charge in [0.25, 0.3) is 5.56 Å². The SMILES string of the molecule is O=c1c2ccccc2c2cccc3c2n1c1cccc2c1-n3c1ccccc1n2-c1ccc2c(c1)c1ccccc1n2-c1ccccc1. The first-order valence-corrected chi connectivity index (χ1v) is 16.3. The van der Waals surface area contributed by atoms with Gasteiger partial charge in [0.1, 0.15) is 0 Å². The fourth-order valence-electron chi connectivity index (χ4n) is 8.21. The van der Waals surface area contributed by atoms with Crippen LogP contribution in [-0.2, 0) is 0 Å². The molecule has 0 radical (unpaired) electrons. The Hall–Kier alpha value is -6.59. The van der Waals surface area contributed by atoms with E-state index in [1.807, 2.05) is 22.6 Å². The third-order valence-corrected chi connectivity index (χ3v) is 10.1. The Bertz CT molecular complexity index is 3140. The lowest BCUT2D eigenvalue weighted by molar-refractivity contribution is 1.04. The van der Waals surface area contributed by atoms with Crippen LogP contribution in [0.2, 0.25) is 0 Å². The highest BCUT2D eigenvalue weighted by Crippen LogP contribution is 2.40. The highest BCUT2D eigenvalue weighted by Gasteiger charge is 2.24. The predicted octanol–water partition coefficient (Wildman–Crippen LogP) is 10.0. The van der Waals surface area contributed by atoms with Crippen molar-refractivity contribution in [3.8, 4) is 17.1 Å². The number of nitrogens with zero attached hydrogens (tertiary/aromatic N) is 4. The molecule has 5 heteroatoms. The lowest BCUT2D eigenvalue weighted by Gasteiger charge is -2.27. The van der Waals surface area contributed by atoms with Gasteiger partial charge in [-0.2, -0.15) is 0 Å². The molecule has 0 unspecified atom stereocenters. The van der Waals surface area contributed by atoms with Crippen molar-refractivity contribution in [2.75, 3.05) is 0 Å². The molecule has 0 saturated carbocycles. The standard InChI is InChI=1S/C43H26N4O/c48-43-32-16-5-4-14-29(32)31-17-10-21-38-41(31)47(43)40-23-11-22-39-42(40)46(38)37-20-9-8-19-36(37)45(39)28-24-25-35-33(26-28)30-15-6-7-18-34(30)44(35)27-12-2-1-3-13-27/h1-26H.